The summed E-state index contributed by atoms with van der Waals surface area (Å²) in [5, 5.41) is 4.98. The van der Waals surface area contributed by atoms with Crippen LogP contribution in [0.2, 0.25) is 0 Å². The van der Waals surface area contributed by atoms with Gasteiger partial charge in [0, 0.05) is 44.7 Å². The summed E-state index contributed by atoms with van der Waals surface area (Å²) in [6.45, 7) is 14.0. The van der Waals surface area contributed by atoms with E-state index in [-0.39, 0.29) is 10.8 Å². The van der Waals surface area contributed by atoms with E-state index < -0.39 is 0 Å². The lowest BCUT2D eigenvalue weighted by Gasteiger charge is -2.30. The van der Waals surface area contributed by atoms with Crippen LogP contribution in [0.1, 0.15) is 61.1 Å². The Labute approximate surface area is 529 Å². The summed E-state index contributed by atoms with van der Waals surface area (Å²) in [5.41, 5.74) is 31.5. The largest absolute Gasteiger partial charge is 0.310 e. The smallest absolute Gasteiger partial charge is 0.0540 e. The Hall–Kier alpha value is -10.8. The van der Waals surface area contributed by atoms with Gasteiger partial charge in [-0.1, -0.05) is 258 Å². The third-order valence-corrected chi connectivity index (χ3v) is 19.7. The van der Waals surface area contributed by atoms with Crippen LogP contribution in [-0.2, 0) is 10.8 Å². The summed E-state index contributed by atoms with van der Waals surface area (Å²) in [6.07, 6.45) is 0. The highest BCUT2D eigenvalue weighted by atomic mass is 15.2. The van der Waals surface area contributed by atoms with Crippen molar-refractivity contribution in [3.05, 3.63) is 337 Å². The Balaban J connectivity index is 0.798. The highest BCUT2D eigenvalue weighted by Crippen LogP contribution is 2.54. The average molecular weight is 1150 g/mol. The van der Waals surface area contributed by atoms with Gasteiger partial charge in [-0.15, -0.1) is 0 Å². The zero-order chi connectivity index (χ0) is 60.8. The maximum absolute atomic E-state index is 2.48. The van der Waals surface area contributed by atoms with Crippen molar-refractivity contribution in [2.24, 2.45) is 0 Å². The zero-order valence-electron chi connectivity index (χ0n) is 51.8. The second kappa shape index (κ2) is 21.5. The monoisotopic (exact) mass is 1150 g/mol. The molecule has 0 aliphatic heterocycles. The van der Waals surface area contributed by atoms with Crippen molar-refractivity contribution in [1.82, 2.24) is 0 Å². The molecule has 2 nitrogen and oxygen atoms in total. The third-order valence-electron chi connectivity index (χ3n) is 19.7. The van der Waals surface area contributed by atoms with Crippen molar-refractivity contribution in [2.75, 3.05) is 9.80 Å². The van der Waals surface area contributed by atoms with Crippen LogP contribution in [0.4, 0.5) is 34.1 Å². The molecule has 14 aromatic rings. The lowest BCUT2D eigenvalue weighted by Crippen LogP contribution is -2.15. The zero-order valence-corrected chi connectivity index (χ0v) is 51.8. The van der Waals surface area contributed by atoms with Crippen molar-refractivity contribution in [3.8, 4) is 77.9 Å². The summed E-state index contributed by atoms with van der Waals surface area (Å²) in [6, 6.07) is 113. The van der Waals surface area contributed by atoms with Gasteiger partial charge in [0.2, 0.25) is 0 Å². The topological polar surface area (TPSA) is 6.48 Å². The van der Waals surface area contributed by atoms with Crippen LogP contribution in [0.3, 0.4) is 0 Å². The minimum absolute atomic E-state index is 0.127. The summed E-state index contributed by atoms with van der Waals surface area (Å²) in [7, 11) is 0. The summed E-state index contributed by atoms with van der Waals surface area (Å²) >= 11 is 0. The molecular weight excluding hydrogens is 1080 g/mol. The van der Waals surface area contributed by atoms with Crippen LogP contribution < -0.4 is 9.80 Å². The van der Waals surface area contributed by atoms with E-state index >= 15 is 0 Å². The molecule has 0 atom stereocenters. The molecule has 0 saturated carbocycles. The second-order valence-corrected chi connectivity index (χ2v) is 25.7. The number of hydrogen-bond donors (Lipinski definition) is 0. The van der Waals surface area contributed by atoms with Gasteiger partial charge in [-0.05, 0) is 208 Å². The highest BCUT2D eigenvalue weighted by molar-refractivity contribution is 6.00. The van der Waals surface area contributed by atoms with Gasteiger partial charge in [-0.25, -0.2) is 0 Å². The van der Waals surface area contributed by atoms with E-state index in [4.69, 9.17) is 0 Å². The molecule has 0 amide bonds. The van der Waals surface area contributed by atoms with Crippen LogP contribution in [0.5, 0.6) is 0 Å². The van der Waals surface area contributed by atoms with E-state index in [0.29, 0.717) is 0 Å². The van der Waals surface area contributed by atoms with Gasteiger partial charge in [0.15, 0.2) is 0 Å². The first-order valence-corrected chi connectivity index (χ1v) is 31.6. The van der Waals surface area contributed by atoms with Crippen LogP contribution in [0.25, 0.3) is 99.4 Å². The van der Waals surface area contributed by atoms with Crippen molar-refractivity contribution in [1.29, 1.82) is 0 Å². The quantitative estimate of drug-likeness (QED) is 0.127. The molecule has 0 N–H and O–H groups in total. The molecule has 0 aromatic heterocycles. The van der Waals surface area contributed by atoms with Gasteiger partial charge in [0.1, 0.15) is 0 Å². The normalized spacial score (nSPS) is 13.2. The Morgan fingerprint density at radius 2 is 0.544 bits per heavy atom. The summed E-state index contributed by atoms with van der Waals surface area (Å²) in [4.78, 5) is 4.95. The number of hydrogen-bond acceptors (Lipinski definition) is 2. The lowest BCUT2D eigenvalue weighted by atomic mass is 9.81. The van der Waals surface area contributed by atoms with E-state index in [1.165, 1.54) is 133 Å². The molecule has 2 heteroatoms. The van der Waals surface area contributed by atoms with E-state index in [0.717, 1.165) is 34.1 Å². The van der Waals surface area contributed by atoms with Crippen molar-refractivity contribution < 1.29 is 0 Å². The fourth-order valence-corrected chi connectivity index (χ4v) is 15.1. The third kappa shape index (κ3) is 9.00. The maximum Gasteiger partial charge on any atom is 0.0540 e. The fraction of sp³-hybridized carbons (Fsp3) is 0.0909. The second-order valence-electron chi connectivity index (χ2n) is 25.7. The summed E-state index contributed by atoms with van der Waals surface area (Å²) < 4.78 is 0. The summed E-state index contributed by atoms with van der Waals surface area (Å²) in [5.74, 6) is 0. The Bertz CT molecular complexity index is 4820. The van der Waals surface area contributed by atoms with Gasteiger partial charge >= 0.3 is 0 Å². The van der Waals surface area contributed by atoms with Gasteiger partial charge in [0.05, 0.1) is 11.4 Å². The van der Waals surface area contributed by atoms with Gasteiger partial charge < -0.3 is 9.80 Å². The van der Waals surface area contributed by atoms with Crippen molar-refractivity contribution in [2.45, 2.75) is 52.4 Å². The molecule has 0 spiro atoms. The van der Waals surface area contributed by atoms with E-state index in [1.54, 1.807) is 0 Å². The first-order valence-electron chi connectivity index (χ1n) is 31.6. The van der Waals surface area contributed by atoms with Crippen LogP contribution in [-0.4, -0.2) is 0 Å². The van der Waals surface area contributed by atoms with Crippen LogP contribution >= 0.6 is 0 Å². The molecule has 2 aliphatic rings. The standard InChI is InChI=1S/C88H68N2/c1-57-53-63(43-51-83(57)89(67-45-37-61(38-46-67)71-31-19-23-59-21-7-9-25-69(59)71)85-35-17-13-27-73(85)65-41-49-77-75-29-11-15-33-79(75)87(3,4)81(77)55-65)64-44-52-84(58(2)54-64)90(68-47-39-62(40-48-68)72-32-20-24-60-22-8-10-26-70(60)72)86-36-18-14-28-74(86)66-42-50-78-76-30-12-16-34-80(76)88(5,6)82(78)56-66/h7-56H,1-6H3. The van der Waals surface area contributed by atoms with E-state index in [9.17, 15) is 0 Å². The SMILES string of the molecule is Cc1cc(-c2ccc(N(c3ccc(-c4cccc5ccccc45)cc3)c3ccccc3-c3ccc4c(c3)C(C)(C)c3ccccc3-4)c(C)c2)ccc1N(c1ccc(-c2cccc3ccccc23)cc1)c1ccccc1-c1ccc2c(c1)C(C)(C)c1ccccc1-2. The van der Waals surface area contributed by atoms with E-state index in [2.05, 4.69) is 355 Å². The molecule has 0 fully saturated rings. The molecular formula is C88H68N2. The highest BCUT2D eigenvalue weighted by Gasteiger charge is 2.37. The first kappa shape index (κ1) is 54.6. The van der Waals surface area contributed by atoms with Crippen molar-refractivity contribution in [3.63, 3.8) is 0 Å². The molecule has 0 radical (unpaired) electrons. The fourth-order valence-electron chi connectivity index (χ4n) is 15.1. The molecule has 90 heavy (non-hydrogen) atoms. The number of nitrogens with zero attached hydrogens (tertiary/aromatic N) is 2. The molecule has 0 saturated heterocycles. The molecule has 14 aromatic carbocycles. The Morgan fingerprint density at radius 3 is 0.967 bits per heavy atom. The van der Waals surface area contributed by atoms with Gasteiger partial charge in [0.25, 0.3) is 0 Å². The van der Waals surface area contributed by atoms with Gasteiger partial charge in [-0.2, -0.15) is 0 Å². The van der Waals surface area contributed by atoms with Gasteiger partial charge in [-0.3, -0.25) is 0 Å². The molecule has 0 unspecified atom stereocenters. The maximum atomic E-state index is 2.48. The molecule has 430 valence electrons. The number of para-hydroxylation sites is 2. The Morgan fingerprint density at radius 1 is 0.222 bits per heavy atom. The minimum Gasteiger partial charge on any atom is -0.310 e. The van der Waals surface area contributed by atoms with E-state index in [1.807, 2.05) is 0 Å². The molecule has 0 heterocycles. The molecule has 2 aliphatic carbocycles. The first-order chi connectivity index (χ1) is 44.0. The minimum atomic E-state index is -0.127. The predicted molar refractivity (Wildman–Crippen MR) is 383 cm³/mol. The predicted octanol–water partition coefficient (Wildman–Crippen LogP) is 24.5. The number of rotatable bonds is 11. The molecule has 0 bridgehead atoms. The molecule has 16 rings (SSSR count). The number of aryl methyl sites for hydroxylation is 2. The van der Waals surface area contributed by atoms with Crippen LogP contribution in [0.15, 0.2) is 303 Å². The van der Waals surface area contributed by atoms with Crippen molar-refractivity contribution >= 4 is 55.7 Å². The number of anilines is 6. The lowest BCUT2D eigenvalue weighted by molar-refractivity contribution is 0.660. The Kier molecular flexibility index (Phi) is 13.0. The number of benzene rings is 14. The average Bonchev–Trinajstić information content (AvgIpc) is 1.57. The number of fused-ring (bicyclic) bond motifs is 8. The van der Waals surface area contributed by atoms with Crippen LogP contribution in [0, 0.1) is 13.8 Å².